The van der Waals surface area contributed by atoms with E-state index >= 15 is 0 Å². The number of hydrogen-bond acceptors (Lipinski definition) is 3. The van der Waals surface area contributed by atoms with Gasteiger partial charge >= 0.3 is 0 Å². The average Bonchev–Trinajstić information content (AvgIpc) is 2.83. The van der Waals surface area contributed by atoms with Crippen LogP contribution in [0.15, 0.2) is 6.07 Å². The maximum Gasteiger partial charge on any atom is 0.168 e. The molecular weight excluding hydrogens is 224 g/mol. The average molecular weight is 239 g/mol. The minimum absolute atomic E-state index is 0.207. The summed E-state index contributed by atoms with van der Waals surface area (Å²) in [6.07, 6.45) is 3.68. The summed E-state index contributed by atoms with van der Waals surface area (Å²) in [5, 5.41) is 0. The number of halogens is 2. The van der Waals surface area contributed by atoms with Gasteiger partial charge < -0.3 is 10.6 Å². The highest BCUT2D eigenvalue weighted by atomic mass is 19.1. The van der Waals surface area contributed by atoms with Crippen molar-refractivity contribution in [3.05, 3.63) is 17.7 Å². The third-order valence-corrected chi connectivity index (χ3v) is 3.96. The van der Waals surface area contributed by atoms with Crippen molar-refractivity contribution >= 4 is 11.6 Å². The number of fused-ring (bicyclic) bond motifs is 1. The number of rotatable bonds is 1. The predicted octanol–water partition coefficient (Wildman–Crippen LogP) is 2.18. The van der Waals surface area contributed by atoms with Gasteiger partial charge in [-0.05, 0) is 24.7 Å². The van der Waals surface area contributed by atoms with E-state index in [1.807, 2.05) is 4.90 Å². The van der Waals surface area contributed by atoms with Crippen LogP contribution in [0.5, 0.6) is 0 Å². The zero-order valence-electron chi connectivity index (χ0n) is 9.50. The van der Waals surface area contributed by atoms with Crippen LogP contribution in [0.3, 0.4) is 0 Å². The molecule has 0 spiro atoms. The molecule has 1 aromatic rings. The molecule has 0 amide bonds. The quantitative estimate of drug-likeness (QED) is 0.816. The van der Waals surface area contributed by atoms with E-state index in [0.717, 1.165) is 19.2 Å². The molecule has 5 heteroatoms. The smallest absolute Gasteiger partial charge is 0.168 e. The van der Waals surface area contributed by atoms with Crippen molar-refractivity contribution in [1.29, 1.82) is 0 Å². The van der Waals surface area contributed by atoms with E-state index in [2.05, 4.69) is 4.98 Å². The normalized spacial score (nSPS) is 27.5. The predicted molar refractivity (Wildman–Crippen MR) is 61.6 cm³/mol. The van der Waals surface area contributed by atoms with Crippen LogP contribution in [-0.4, -0.2) is 18.1 Å². The molecule has 1 aliphatic carbocycles. The highest BCUT2D eigenvalue weighted by Crippen LogP contribution is 2.39. The third kappa shape index (κ3) is 1.73. The molecule has 0 bridgehead atoms. The summed E-state index contributed by atoms with van der Waals surface area (Å²) in [5.41, 5.74) is 5.39. The van der Waals surface area contributed by atoms with Crippen LogP contribution >= 0.6 is 0 Å². The lowest BCUT2D eigenvalue weighted by Gasteiger charge is -2.19. The molecule has 2 fully saturated rings. The maximum absolute atomic E-state index is 13.7. The Balaban J connectivity index is 1.88. The number of nitrogen functional groups attached to an aromatic ring is 1. The monoisotopic (exact) mass is 239 g/mol. The standard InChI is InChI=1S/C12H15F2N3/c13-9-4-10(14)12(16-11(9)15)17-5-7-2-1-3-8(7)6-17/h4,7-8H,1-3,5-6H2,(H2,15,16). The molecule has 2 aliphatic rings. The summed E-state index contributed by atoms with van der Waals surface area (Å²) in [7, 11) is 0. The first-order valence-corrected chi connectivity index (χ1v) is 6.01. The molecular formula is C12H15F2N3. The molecule has 0 radical (unpaired) electrons. The molecule has 1 aliphatic heterocycles. The van der Waals surface area contributed by atoms with Crippen LogP contribution in [-0.2, 0) is 0 Å². The highest BCUT2D eigenvalue weighted by Gasteiger charge is 2.37. The Bertz CT molecular complexity index is 438. The lowest BCUT2D eigenvalue weighted by molar-refractivity contribution is 0.494. The van der Waals surface area contributed by atoms with Gasteiger partial charge in [0.05, 0.1) is 0 Å². The molecule has 17 heavy (non-hydrogen) atoms. The first-order chi connectivity index (χ1) is 8.15. The molecule has 3 nitrogen and oxygen atoms in total. The number of anilines is 2. The van der Waals surface area contributed by atoms with Crippen molar-refractivity contribution in [3.63, 3.8) is 0 Å². The second kappa shape index (κ2) is 3.82. The largest absolute Gasteiger partial charge is 0.381 e. The van der Waals surface area contributed by atoms with Gasteiger partial charge in [-0.3, -0.25) is 0 Å². The highest BCUT2D eigenvalue weighted by molar-refractivity contribution is 5.48. The Morgan fingerprint density at radius 1 is 1.18 bits per heavy atom. The van der Waals surface area contributed by atoms with Crippen molar-refractivity contribution in [3.8, 4) is 0 Å². The lowest BCUT2D eigenvalue weighted by Crippen LogP contribution is -2.23. The van der Waals surface area contributed by atoms with Crippen LogP contribution in [0.4, 0.5) is 20.4 Å². The summed E-state index contributed by atoms with van der Waals surface area (Å²) >= 11 is 0. The summed E-state index contributed by atoms with van der Waals surface area (Å²) < 4.78 is 26.7. The molecule has 1 saturated carbocycles. The molecule has 2 atom stereocenters. The minimum Gasteiger partial charge on any atom is -0.381 e. The molecule has 92 valence electrons. The SMILES string of the molecule is Nc1nc(N2CC3CCCC3C2)c(F)cc1F. The van der Waals surface area contributed by atoms with Gasteiger partial charge in [-0.1, -0.05) is 6.42 Å². The van der Waals surface area contributed by atoms with Crippen molar-refractivity contribution < 1.29 is 8.78 Å². The Hall–Kier alpha value is -1.39. The molecule has 2 heterocycles. The summed E-state index contributed by atoms with van der Waals surface area (Å²) in [4.78, 5) is 5.74. The molecule has 3 rings (SSSR count). The second-order valence-electron chi connectivity index (χ2n) is 5.02. The zero-order valence-corrected chi connectivity index (χ0v) is 9.50. The second-order valence-corrected chi connectivity index (χ2v) is 5.02. The van der Waals surface area contributed by atoms with E-state index in [1.165, 1.54) is 19.3 Å². The fraction of sp³-hybridized carbons (Fsp3) is 0.583. The number of nitrogens with zero attached hydrogens (tertiary/aromatic N) is 2. The zero-order chi connectivity index (χ0) is 12.0. The fourth-order valence-electron chi connectivity index (χ4n) is 3.10. The Morgan fingerprint density at radius 3 is 2.47 bits per heavy atom. The van der Waals surface area contributed by atoms with Crippen LogP contribution < -0.4 is 10.6 Å². The van der Waals surface area contributed by atoms with Gasteiger partial charge in [0, 0.05) is 19.2 Å². The summed E-state index contributed by atoms with van der Waals surface area (Å²) in [5.74, 6) is -0.135. The van der Waals surface area contributed by atoms with Gasteiger partial charge in [-0.2, -0.15) is 0 Å². The van der Waals surface area contributed by atoms with Crippen LogP contribution in [0, 0.1) is 23.5 Å². The van der Waals surface area contributed by atoms with Crippen molar-refractivity contribution in [2.75, 3.05) is 23.7 Å². The van der Waals surface area contributed by atoms with Crippen molar-refractivity contribution in [1.82, 2.24) is 4.98 Å². The topological polar surface area (TPSA) is 42.1 Å². The molecule has 2 N–H and O–H groups in total. The van der Waals surface area contributed by atoms with Crippen LogP contribution in [0.2, 0.25) is 0 Å². The number of nitrogens with two attached hydrogens (primary N) is 1. The lowest BCUT2D eigenvalue weighted by atomic mass is 10.0. The van der Waals surface area contributed by atoms with Gasteiger partial charge in [0.15, 0.2) is 23.3 Å². The maximum atomic E-state index is 13.7. The van der Waals surface area contributed by atoms with E-state index in [1.54, 1.807) is 0 Å². The van der Waals surface area contributed by atoms with E-state index in [0.29, 0.717) is 11.8 Å². The minimum atomic E-state index is -0.786. The first-order valence-electron chi connectivity index (χ1n) is 6.01. The first kappa shape index (κ1) is 10.7. The van der Waals surface area contributed by atoms with E-state index in [9.17, 15) is 8.78 Å². The molecule has 0 aromatic carbocycles. The number of hydrogen-bond donors (Lipinski definition) is 1. The molecule has 2 unspecified atom stereocenters. The Labute approximate surface area is 98.6 Å². The van der Waals surface area contributed by atoms with Gasteiger partial charge in [0.2, 0.25) is 0 Å². The van der Waals surface area contributed by atoms with Crippen LogP contribution in [0.1, 0.15) is 19.3 Å². The fourth-order valence-corrected chi connectivity index (χ4v) is 3.10. The summed E-state index contributed by atoms with van der Waals surface area (Å²) in [6, 6.07) is 0.825. The van der Waals surface area contributed by atoms with Crippen molar-refractivity contribution in [2.24, 2.45) is 11.8 Å². The Kier molecular flexibility index (Phi) is 2.42. The molecule has 1 aromatic heterocycles. The van der Waals surface area contributed by atoms with Gasteiger partial charge in [-0.25, -0.2) is 13.8 Å². The third-order valence-electron chi connectivity index (χ3n) is 3.96. The van der Waals surface area contributed by atoms with Crippen LogP contribution in [0.25, 0.3) is 0 Å². The Morgan fingerprint density at radius 2 is 1.82 bits per heavy atom. The van der Waals surface area contributed by atoms with Gasteiger partial charge in [0.25, 0.3) is 0 Å². The van der Waals surface area contributed by atoms with E-state index < -0.39 is 11.6 Å². The molecule has 1 saturated heterocycles. The van der Waals surface area contributed by atoms with E-state index in [-0.39, 0.29) is 11.6 Å². The number of pyridine rings is 1. The van der Waals surface area contributed by atoms with Gasteiger partial charge in [0.1, 0.15) is 0 Å². The van der Waals surface area contributed by atoms with Crippen molar-refractivity contribution in [2.45, 2.75) is 19.3 Å². The van der Waals surface area contributed by atoms with E-state index in [4.69, 9.17) is 5.73 Å². The van der Waals surface area contributed by atoms with Gasteiger partial charge in [-0.15, -0.1) is 0 Å². The summed E-state index contributed by atoms with van der Waals surface area (Å²) in [6.45, 7) is 1.64. The number of aromatic nitrogens is 1.